The Kier molecular flexibility index (Phi) is 2.98. The molecule has 4 rings (SSSR count). The standard InChI is InChI=1S/C18H16O2S/c1-11-5-8-16(13-6-7-14(19)18(11)13)20-15-3-2-4-17-12(15)9-10-21-17/h2-5,8-10,14,19H,6-7H2,1H3. The Morgan fingerprint density at radius 1 is 1.14 bits per heavy atom. The van der Waals surface area contributed by atoms with Crippen molar-refractivity contribution in [1.29, 1.82) is 0 Å². The second kappa shape index (κ2) is 4.86. The molecule has 1 atom stereocenters. The van der Waals surface area contributed by atoms with E-state index in [-0.39, 0.29) is 6.10 Å². The molecule has 1 unspecified atom stereocenters. The van der Waals surface area contributed by atoms with Crippen molar-refractivity contribution < 1.29 is 9.84 Å². The smallest absolute Gasteiger partial charge is 0.136 e. The van der Waals surface area contributed by atoms with Crippen LogP contribution in [0.4, 0.5) is 0 Å². The van der Waals surface area contributed by atoms with E-state index in [1.165, 1.54) is 4.70 Å². The number of rotatable bonds is 2. The molecule has 106 valence electrons. The van der Waals surface area contributed by atoms with Gasteiger partial charge in [0.2, 0.25) is 0 Å². The molecule has 1 aliphatic carbocycles. The van der Waals surface area contributed by atoms with Crippen molar-refractivity contribution in [2.24, 2.45) is 0 Å². The summed E-state index contributed by atoms with van der Waals surface area (Å²) in [4.78, 5) is 0. The molecule has 1 heterocycles. The van der Waals surface area contributed by atoms with Crippen molar-refractivity contribution in [1.82, 2.24) is 0 Å². The van der Waals surface area contributed by atoms with Gasteiger partial charge in [0, 0.05) is 15.6 Å². The lowest BCUT2D eigenvalue weighted by atomic mass is 10.0. The number of aryl methyl sites for hydroxylation is 1. The molecule has 2 aromatic carbocycles. The molecule has 0 fully saturated rings. The molecule has 0 radical (unpaired) electrons. The highest BCUT2D eigenvalue weighted by Gasteiger charge is 2.25. The van der Waals surface area contributed by atoms with Crippen molar-refractivity contribution in [2.75, 3.05) is 0 Å². The van der Waals surface area contributed by atoms with E-state index in [1.54, 1.807) is 11.3 Å². The molecule has 0 bridgehead atoms. The quantitative estimate of drug-likeness (QED) is 0.722. The second-order valence-electron chi connectivity index (χ2n) is 5.52. The van der Waals surface area contributed by atoms with Gasteiger partial charge >= 0.3 is 0 Å². The van der Waals surface area contributed by atoms with Gasteiger partial charge < -0.3 is 9.84 Å². The zero-order valence-electron chi connectivity index (χ0n) is 11.8. The maximum Gasteiger partial charge on any atom is 0.136 e. The SMILES string of the molecule is Cc1ccc(Oc2cccc3sccc23)c2c1C(O)CC2. The molecule has 0 saturated heterocycles. The first kappa shape index (κ1) is 12.9. The number of aliphatic hydroxyl groups is 1. The van der Waals surface area contributed by atoms with Gasteiger partial charge in [0.25, 0.3) is 0 Å². The van der Waals surface area contributed by atoms with Gasteiger partial charge in [0.15, 0.2) is 0 Å². The minimum Gasteiger partial charge on any atom is -0.456 e. The van der Waals surface area contributed by atoms with Gasteiger partial charge in [0.1, 0.15) is 11.5 Å². The maximum atomic E-state index is 10.1. The van der Waals surface area contributed by atoms with Gasteiger partial charge in [-0.05, 0) is 60.5 Å². The predicted octanol–water partition coefficient (Wildman–Crippen LogP) is 4.98. The molecule has 2 nitrogen and oxygen atoms in total. The fraction of sp³-hybridized carbons (Fsp3) is 0.222. The highest BCUT2D eigenvalue weighted by Crippen LogP contribution is 2.41. The third kappa shape index (κ3) is 2.04. The van der Waals surface area contributed by atoms with Crippen LogP contribution in [0.1, 0.15) is 29.2 Å². The first-order valence-corrected chi connectivity index (χ1v) is 8.06. The Balaban J connectivity index is 1.81. The number of hydrogen-bond acceptors (Lipinski definition) is 3. The first-order valence-electron chi connectivity index (χ1n) is 7.18. The average molecular weight is 296 g/mol. The van der Waals surface area contributed by atoms with Crippen LogP contribution in [0.2, 0.25) is 0 Å². The summed E-state index contributed by atoms with van der Waals surface area (Å²) < 4.78 is 7.42. The Labute approximate surface area is 127 Å². The summed E-state index contributed by atoms with van der Waals surface area (Å²) in [5, 5.41) is 13.4. The Hall–Kier alpha value is -1.84. The normalized spacial score (nSPS) is 17.1. The molecule has 1 aromatic heterocycles. The summed E-state index contributed by atoms with van der Waals surface area (Å²) >= 11 is 1.72. The summed E-state index contributed by atoms with van der Waals surface area (Å²) in [6, 6.07) is 12.3. The number of aliphatic hydroxyl groups excluding tert-OH is 1. The van der Waals surface area contributed by atoms with Crippen LogP contribution in [0.5, 0.6) is 11.5 Å². The minimum atomic E-state index is -0.347. The lowest BCUT2D eigenvalue weighted by Gasteiger charge is -2.14. The number of benzene rings is 2. The van der Waals surface area contributed by atoms with E-state index in [0.717, 1.165) is 46.4 Å². The fourth-order valence-corrected chi connectivity index (χ4v) is 3.98. The zero-order valence-corrected chi connectivity index (χ0v) is 12.6. The van der Waals surface area contributed by atoms with E-state index in [1.807, 2.05) is 24.3 Å². The van der Waals surface area contributed by atoms with Crippen LogP contribution in [0.3, 0.4) is 0 Å². The van der Waals surface area contributed by atoms with E-state index in [0.29, 0.717) is 0 Å². The molecule has 0 amide bonds. The molecule has 1 N–H and O–H groups in total. The Morgan fingerprint density at radius 2 is 2.05 bits per heavy atom. The molecule has 0 saturated carbocycles. The molecular formula is C18H16O2S. The monoisotopic (exact) mass is 296 g/mol. The lowest BCUT2D eigenvalue weighted by Crippen LogP contribution is -1.96. The fourth-order valence-electron chi connectivity index (χ4n) is 3.18. The van der Waals surface area contributed by atoms with Crippen LogP contribution in [0.25, 0.3) is 10.1 Å². The number of ether oxygens (including phenoxy) is 1. The van der Waals surface area contributed by atoms with Crippen molar-refractivity contribution in [3.05, 3.63) is 58.5 Å². The molecule has 3 aromatic rings. The van der Waals surface area contributed by atoms with Gasteiger partial charge in [-0.2, -0.15) is 0 Å². The number of fused-ring (bicyclic) bond motifs is 2. The topological polar surface area (TPSA) is 29.5 Å². The average Bonchev–Trinajstić information content (AvgIpc) is 3.10. The van der Waals surface area contributed by atoms with E-state index < -0.39 is 0 Å². The number of thiophene rings is 1. The van der Waals surface area contributed by atoms with Crippen LogP contribution in [-0.2, 0) is 6.42 Å². The van der Waals surface area contributed by atoms with E-state index in [9.17, 15) is 5.11 Å². The summed E-state index contributed by atoms with van der Waals surface area (Å²) in [5.41, 5.74) is 3.37. The van der Waals surface area contributed by atoms with Crippen molar-refractivity contribution >= 4 is 21.4 Å². The predicted molar refractivity (Wildman–Crippen MR) is 86.4 cm³/mol. The van der Waals surface area contributed by atoms with Gasteiger partial charge in [-0.15, -0.1) is 11.3 Å². The number of hydrogen-bond donors (Lipinski definition) is 1. The van der Waals surface area contributed by atoms with Crippen molar-refractivity contribution in [3.8, 4) is 11.5 Å². The van der Waals surface area contributed by atoms with E-state index >= 15 is 0 Å². The maximum absolute atomic E-state index is 10.1. The van der Waals surface area contributed by atoms with Gasteiger partial charge in [-0.1, -0.05) is 12.1 Å². The molecule has 21 heavy (non-hydrogen) atoms. The molecule has 0 aliphatic heterocycles. The lowest BCUT2D eigenvalue weighted by molar-refractivity contribution is 0.179. The highest BCUT2D eigenvalue weighted by molar-refractivity contribution is 7.17. The first-order chi connectivity index (χ1) is 10.2. The third-order valence-corrected chi connectivity index (χ3v) is 5.09. The third-order valence-electron chi connectivity index (χ3n) is 4.21. The molecular weight excluding hydrogens is 280 g/mol. The van der Waals surface area contributed by atoms with Crippen LogP contribution in [0.15, 0.2) is 41.8 Å². The van der Waals surface area contributed by atoms with Crippen LogP contribution in [-0.4, -0.2) is 5.11 Å². The van der Waals surface area contributed by atoms with Gasteiger partial charge in [0.05, 0.1) is 6.10 Å². The van der Waals surface area contributed by atoms with Crippen molar-refractivity contribution in [3.63, 3.8) is 0 Å². The molecule has 1 aliphatic rings. The van der Waals surface area contributed by atoms with Crippen LogP contribution < -0.4 is 4.74 Å². The Morgan fingerprint density at radius 3 is 2.95 bits per heavy atom. The highest BCUT2D eigenvalue weighted by atomic mass is 32.1. The summed E-state index contributed by atoms with van der Waals surface area (Å²) in [7, 11) is 0. The largest absolute Gasteiger partial charge is 0.456 e. The molecule has 3 heteroatoms. The van der Waals surface area contributed by atoms with Crippen LogP contribution in [0, 0.1) is 6.92 Å². The second-order valence-corrected chi connectivity index (χ2v) is 6.47. The van der Waals surface area contributed by atoms with E-state index in [4.69, 9.17) is 4.74 Å². The Bertz CT molecular complexity index is 819. The van der Waals surface area contributed by atoms with Crippen LogP contribution >= 0.6 is 11.3 Å². The summed E-state index contributed by atoms with van der Waals surface area (Å²) in [6.07, 6.45) is 1.33. The summed E-state index contributed by atoms with van der Waals surface area (Å²) in [5.74, 6) is 1.77. The van der Waals surface area contributed by atoms with E-state index in [2.05, 4.69) is 24.4 Å². The minimum absolute atomic E-state index is 0.347. The van der Waals surface area contributed by atoms with Gasteiger partial charge in [-0.25, -0.2) is 0 Å². The zero-order chi connectivity index (χ0) is 14.4. The summed E-state index contributed by atoms with van der Waals surface area (Å²) in [6.45, 7) is 2.05. The van der Waals surface area contributed by atoms with Crippen molar-refractivity contribution in [2.45, 2.75) is 25.9 Å². The molecule has 0 spiro atoms. The van der Waals surface area contributed by atoms with Gasteiger partial charge in [-0.3, -0.25) is 0 Å².